The third kappa shape index (κ3) is 4.64. The molecule has 3 nitrogen and oxygen atoms in total. The molecule has 0 radical (unpaired) electrons. The van der Waals surface area contributed by atoms with Crippen molar-refractivity contribution in [3.8, 4) is 0 Å². The normalized spacial score (nSPS) is 9.27. The van der Waals surface area contributed by atoms with Crippen molar-refractivity contribution in [3.05, 3.63) is 33.8 Å². The highest BCUT2D eigenvalue weighted by Crippen LogP contribution is 2.15. The number of aryl methyl sites for hydroxylation is 1. The number of hydrogen-bond donors (Lipinski definition) is 2. The van der Waals surface area contributed by atoms with Gasteiger partial charge in [0.25, 0.3) is 0 Å². The van der Waals surface area contributed by atoms with Crippen LogP contribution in [0.1, 0.15) is 11.1 Å². The topological polar surface area (TPSA) is 55.1 Å². The van der Waals surface area contributed by atoms with E-state index >= 15 is 0 Å². The molecule has 1 aromatic rings. The largest absolute Gasteiger partial charge is 0.351 e. The van der Waals surface area contributed by atoms with E-state index in [2.05, 4.69) is 21.2 Å². The third-order valence-corrected chi connectivity index (χ3v) is 2.46. The first-order chi connectivity index (χ1) is 6.63. The van der Waals surface area contributed by atoms with Crippen LogP contribution in [0.25, 0.3) is 0 Å². The molecule has 0 unspecified atom stereocenters. The van der Waals surface area contributed by atoms with E-state index in [1.807, 2.05) is 25.1 Å². The Labute approximate surface area is 104 Å². The lowest BCUT2D eigenvalue weighted by Crippen LogP contribution is -2.29. The first-order valence-corrected chi connectivity index (χ1v) is 5.14. The second-order valence-electron chi connectivity index (χ2n) is 3.05. The highest BCUT2D eigenvalue weighted by atomic mass is 79.9. The number of nitrogens with one attached hydrogen (secondary N) is 1. The lowest BCUT2D eigenvalue weighted by molar-refractivity contribution is -0.119. The van der Waals surface area contributed by atoms with E-state index in [0.29, 0.717) is 6.54 Å². The van der Waals surface area contributed by atoms with Crippen molar-refractivity contribution >= 4 is 34.2 Å². The molecule has 1 aromatic carbocycles. The molecule has 0 aliphatic carbocycles. The van der Waals surface area contributed by atoms with Gasteiger partial charge in [-0.3, -0.25) is 4.79 Å². The van der Waals surface area contributed by atoms with Crippen molar-refractivity contribution in [2.24, 2.45) is 5.73 Å². The summed E-state index contributed by atoms with van der Waals surface area (Å²) in [6.07, 6.45) is 0. The molecule has 0 fully saturated rings. The van der Waals surface area contributed by atoms with Crippen LogP contribution in [-0.4, -0.2) is 12.5 Å². The summed E-state index contributed by atoms with van der Waals surface area (Å²) < 4.78 is 1.05. The molecule has 1 rings (SSSR count). The molecule has 0 bridgehead atoms. The van der Waals surface area contributed by atoms with E-state index in [4.69, 9.17) is 5.73 Å². The maximum atomic E-state index is 10.9. The predicted molar refractivity (Wildman–Crippen MR) is 67.0 cm³/mol. The van der Waals surface area contributed by atoms with Gasteiger partial charge in [0, 0.05) is 11.0 Å². The zero-order valence-electron chi connectivity index (χ0n) is 8.42. The van der Waals surface area contributed by atoms with Crippen LogP contribution in [-0.2, 0) is 11.3 Å². The van der Waals surface area contributed by atoms with Gasteiger partial charge < -0.3 is 11.1 Å². The number of carbonyl (C=O) groups is 1. The van der Waals surface area contributed by atoms with E-state index < -0.39 is 0 Å². The zero-order valence-corrected chi connectivity index (χ0v) is 10.8. The number of amides is 1. The van der Waals surface area contributed by atoms with Gasteiger partial charge in [0.15, 0.2) is 0 Å². The van der Waals surface area contributed by atoms with Gasteiger partial charge in [-0.15, -0.1) is 12.4 Å². The maximum absolute atomic E-state index is 10.9. The van der Waals surface area contributed by atoms with Crippen molar-refractivity contribution in [1.82, 2.24) is 5.32 Å². The average molecular weight is 294 g/mol. The Morgan fingerprint density at radius 3 is 2.73 bits per heavy atom. The lowest BCUT2D eigenvalue weighted by atomic mass is 10.1. The van der Waals surface area contributed by atoms with Crippen molar-refractivity contribution in [2.45, 2.75) is 13.5 Å². The van der Waals surface area contributed by atoms with E-state index in [9.17, 15) is 4.79 Å². The van der Waals surface area contributed by atoms with Crippen molar-refractivity contribution in [1.29, 1.82) is 0 Å². The summed E-state index contributed by atoms with van der Waals surface area (Å²) in [6, 6.07) is 5.96. The van der Waals surface area contributed by atoms with Gasteiger partial charge in [-0.25, -0.2) is 0 Å². The summed E-state index contributed by atoms with van der Waals surface area (Å²) in [7, 11) is 0. The van der Waals surface area contributed by atoms with Crippen molar-refractivity contribution in [3.63, 3.8) is 0 Å². The molecular formula is C10H14BrClN2O. The summed E-state index contributed by atoms with van der Waals surface area (Å²) in [5.41, 5.74) is 7.44. The maximum Gasteiger partial charge on any atom is 0.234 e. The number of halogens is 2. The predicted octanol–water partition coefficient (Wildman–Crippen LogP) is 1.75. The van der Waals surface area contributed by atoms with Crippen LogP contribution in [0, 0.1) is 6.92 Å². The molecule has 15 heavy (non-hydrogen) atoms. The molecule has 0 aliphatic rings. The van der Waals surface area contributed by atoms with Gasteiger partial charge in [0.05, 0.1) is 6.54 Å². The van der Waals surface area contributed by atoms with Crippen LogP contribution in [0.2, 0.25) is 0 Å². The monoisotopic (exact) mass is 292 g/mol. The zero-order chi connectivity index (χ0) is 10.6. The molecule has 0 atom stereocenters. The van der Waals surface area contributed by atoms with E-state index in [0.717, 1.165) is 15.6 Å². The Hall–Kier alpha value is -0.580. The van der Waals surface area contributed by atoms with Gasteiger partial charge in [-0.05, 0) is 30.2 Å². The standard InChI is InChI=1S/C10H13BrN2O.ClH/c1-7-4-9(11)3-2-8(7)6-13-10(14)5-12;/h2-4H,5-6,12H2,1H3,(H,13,14);1H. The Morgan fingerprint density at radius 1 is 1.53 bits per heavy atom. The molecule has 0 aliphatic heterocycles. The van der Waals surface area contributed by atoms with E-state index in [-0.39, 0.29) is 24.9 Å². The van der Waals surface area contributed by atoms with E-state index in [1.54, 1.807) is 0 Å². The molecular weight excluding hydrogens is 279 g/mol. The first kappa shape index (κ1) is 14.4. The number of nitrogens with two attached hydrogens (primary N) is 1. The van der Waals surface area contributed by atoms with Crippen molar-refractivity contribution in [2.75, 3.05) is 6.54 Å². The minimum absolute atomic E-state index is 0. The Kier molecular flexibility index (Phi) is 6.56. The first-order valence-electron chi connectivity index (χ1n) is 4.35. The Balaban J connectivity index is 0.00000196. The molecule has 5 heteroatoms. The molecule has 84 valence electrons. The Bertz CT molecular complexity index is 344. The number of hydrogen-bond acceptors (Lipinski definition) is 2. The minimum atomic E-state index is -0.132. The number of rotatable bonds is 3. The summed E-state index contributed by atoms with van der Waals surface area (Å²) in [5, 5.41) is 2.73. The molecule has 0 spiro atoms. The Morgan fingerprint density at radius 2 is 2.20 bits per heavy atom. The fourth-order valence-electron chi connectivity index (χ4n) is 1.12. The summed E-state index contributed by atoms with van der Waals surface area (Å²) in [6.45, 7) is 2.58. The molecule has 0 saturated carbocycles. The molecule has 0 heterocycles. The van der Waals surface area contributed by atoms with Gasteiger partial charge in [0.2, 0.25) is 5.91 Å². The molecule has 1 amide bonds. The van der Waals surface area contributed by atoms with Crippen LogP contribution >= 0.6 is 28.3 Å². The third-order valence-electron chi connectivity index (χ3n) is 1.97. The van der Waals surface area contributed by atoms with Gasteiger partial charge >= 0.3 is 0 Å². The van der Waals surface area contributed by atoms with Crippen LogP contribution < -0.4 is 11.1 Å². The van der Waals surface area contributed by atoms with Crippen LogP contribution in [0.5, 0.6) is 0 Å². The molecule has 3 N–H and O–H groups in total. The number of benzene rings is 1. The van der Waals surface area contributed by atoms with Crippen LogP contribution in [0.4, 0.5) is 0 Å². The SMILES string of the molecule is Cc1cc(Br)ccc1CNC(=O)CN.Cl. The summed E-state index contributed by atoms with van der Waals surface area (Å²) in [4.78, 5) is 10.9. The number of carbonyl (C=O) groups excluding carboxylic acids is 1. The fraction of sp³-hybridized carbons (Fsp3) is 0.300. The highest BCUT2D eigenvalue weighted by Gasteiger charge is 2.01. The van der Waals surface area contributed by atoms with Crippen LogP contribution in [0.15, 0.2) is 22.7 Å². The van der Waals surface area contributed by atoms with Gasteiger partial charge in [0.1, 0.15) is 0 Å². The van der Waals surface area contributed by atoms with Gasteiger partial charge in [-0.2, -0.15) is 0 Å². The minimum Gasteiger partial charge on any atom is -0.351 e. The van der Waals surface area contributed by atoms with Gasteiger partial charge in [-0.1, -0.05) is 22.0 Å². The fourth-order valence-corrected chi connectivity index (χ4v) is 1.60. The lowest BCUT2D eigenvalue weighted by Gasteiger charge is -2.07. The molecule has 0 aromatic heterocycles. The second kappa shape index (κ2) is 6.82. The average Bonchev–Trinajstić information content (AvgIpc) is 2.16. The van der Waals surface area contributed by atoms with E-state index in [1.165, 1.54) is 0 Å². The summed E-state index contributed by atoms with van der Waals surface area (Å²) >= 11 is 3.38. The summed E-state index contributed by atoms with van der Waals surface area (Å²) in [5.74, 6) is -0.132. The highest BCUT2D eigenvalue weighted by molar-refractivity contribution is 9.10. The quantitative estimate of drug-likeness (QED) is 0.892. The molecule has 0 saturated heterocycles. The smallest absolute Gasteiger partial charge is 0.234 e. The second-order valence-corrected chi connectivity index (χ2v) is 3.97. The van der Waals surface area contributed by atoms with Crippen molar-refractivity contribution < 1.29 is 4.79 Å². The van der Waals surface area contributed by atoms with Crippen LogP contribution in [0.3, 0.4) is 0 Å².